The Kier molecular flexibility index (Phi) is 2.35. The van der Waals surface area contributed by atoms with Gasteiger partial charge in [-0.2, -0.15) is 0 Å². The number of hydrogen-bond acceptors (Lipinski definition) is 2. The molecule has 0 amide bonds. The maximum absolute atomic E-state index is 4.85. The van der Waals surface area contributed by atoms with Crippen LogP contribution in [0.5, 0.6) is 0 Å². The Morgan fingerprint density at radius 3 is 3.50 bits per heavy atom. The molecule has 0 radical (unpaired) electrons. The van der Waals surface area contributed by atoms with Gasteiger partial charge in [-0.3, -0.25) is 10.3 Å². The largest absolute Gasteiger partial charge is 0.274 e. The standard InChI is InChI=1S/C5H6INO/c6-5-1-3-7-8-4-2-5/h1-3,7H,4H2. The predicted molar refractivity (Wildman–Crippen MR) is 40.3 cm³/mol. The van der Waals surface area contributed by atoms with Crippen molar-refractivity contribution in [3.63, 3.8) is 0 Å². The Morgan fingerprint density at radius 1 is 1.75 bits per heavy atom. The van der Waals surface area contributed by atoms with E-state index in [1.165, 1.54) is 3.58 Å². The van der Waals surface area contributed by atoms with Gasteiger partial charge in [0.25, 0.3) is 0 Å². The molecule has 1 N–H and O–H groups in total. The molecule has 0 aliphatic carbocycles. The predicted octanol–water partition coefficient (Wildman–Crippen LogP) is 1.35. The van der Waals surface area contributed by atoms with E-state index in [0.29, 0.717) is 6.61 Å². The van der Waals surface area contributed by atoms with Crippen LogP contribution in [0.1, 0.15) is 0 Å². The summed E-state index contributed by atoms with van der Waals surface area (Å²) in [4.78, 5) is 4.85. The minimum absolute atomic E-state index is 0.644. The van der Waals surface area contributed by atoms with E-state index < -0.39 is 0 Å². The first-order valence-corrected chi connectivity index (χ1v) is 3.37. The van der Waals surface area contributed by atoms with E-state index in [1.54, 1.807) is 6.20 Å². The minimum Gasteiger partial charge on any atom is -0.274 e. The molecule has 0 atom stereocenters. The summed E-state index contributed by atoms with van der Waals surface area (Å²) in [6, 6.07) is 0. The van der Waals surface area contributed by atoms with Gasteiger partial charge in [0.2, 0.25) is 0 Å². The molecule has 8 heavy (non-hydrogen) atoms. The second-order valence-corrected chi connectivity index (χ2v) is 2.60. The zero-order chi connectivity index (χ0) is 5.82. The molecule has 1 heterocycles. The van der Waals surface area contributed by atoms with Crippen LogP contribution in [0, 0.1) is 0 Å². The lowest BCUT2D eigenvalue weighted by Gasteiger charge is -1.91. The van der Waals surface area contributed by atoms with Gasteiger partial charge in [0, 0.05) is 9.78 Å². The highest BCUT2D eigenvalue weighted by atomic mass is 127. The molecule has 0 saturated carbocycles. The maximum Gasteiger partial charge on any atom is 0.0940 e. The quantitative estimate of drug-likeness (QED) is 0.626. The smallest absolute Gasteiger partial charge is 0.0940 e. The summed E-state index contributed by atoms with van der Waals surface area (Å²) >= 11 is 2.24. The molecule has 0 bridgehead atoms. The van der Waals surface area contributed by atoms with Gasteiger partial charge in [0.15, 0.2) is 0 Å². The summed E-state index contributed by atoms with van der Waals surface area (Å²) in [5, 5.41) is 0. The lowest BCUT2D eigenvalue weighted by molar-refractivity contribution is 0.0969. The molecule has 0 spiro atoms. The number of nitrogens with one attached hydrogen (secondary N) is 1. The minimum atomic E-state index is 0.644. The van der Waals surface area contributed by atoms with Crippen molar-refractivity contribution < 1.29 is 4.84 Å². The van der Waals surface area contributed by atoms with Crippen molar-refractivity contribution in [2.75, 3.05) is 6.61 Å². The fourth-order valence-corrected chi connectivity index (χ4v) is 0.759. The van der Waals surface area contributed by atoms with Crippen LogP contribution in [-0.2, 0) is 4.84 Å². The molecular weight excluding hydrogens is 217 g/mol. The molecule has 0 aromatic carbocycles. The number of hydrogen-bond donors (Lipinski definition) is 1. The van der Waals surface area contributed by atoms with E-state index in [2.05, 4.69) is 28.1 Å². The lowest BCUT2D eigenvalue weighted by Crippen LogP contribution is -2.03. The average Bonchev–Trinajstić information content (AvgIpc) is 1.94. The summed E-state index contributed by atoms with van der Waals surface area (Å²) in [6.45, 7) is 0.644. The molecule has 0 aromatic heterocycles. The summed E-state index contributed by atoms with van der Waals surface area (Å²) in [5.41, 5.74) is 2.64. The molecule has 44 valence electrons. The summed E-state index contributed by atoms with van der Waals surface area (Å²) in [5.74, 6) is 0. The van der Waals surface area contributed by atoms with Crippen molar-refractivity contribution in [1.29, 1.82) is 0 Å². The monoisotopic (exact) mass is 223 g/mol. The summed E-state index contributed by atoms with van der Waals surface area (Å²) in [7, 11) is 0. The lowest BCUT2D eigenvalue weighted by atomic mass is 10.5. The average molecular weight is 223 g/mol. The first-order valence-electron chi connectivity index (χ1n) is 2.29. The van der Waals surface area contributed by atoms with Crippen LogP contribution in [0.15, 0.2) is 21.9 Å². The van der Waals surface area contributed by atoms with Gasteiger partial charge >= 0.3 is 0 Å². The zero-order valence-corrected chi connectivity index (χ0v) is 6.38. The van der Waals surface area contributed by atoms with Crippen LogP contribution in [0.2, 0.25) is 0 Å². The van der Waals surface area contributed by atoms with Crippen molar-refractivity contribution in [2.45, 2.75) is 0 Å². The normalized spacial score (nSPS) is 18.9. The third-order valence-electron chi connectivity index (χ3n) is 0.756. The van der Waals surface area contributed by atoms with Gasteiger partial charge in [-0.1, -0.05) is 0 Å². The fraction of sp³-hybridized carbons (Fsp3) is 0.200. The van der Waals surface area contributed by atoms with Crippen molar-refractivity contribution in [3.8, 4) is 0 Å². The Labute approximate surface area is 61.7 Å². The Hall–Kier alpha value is -0.0300. The first kappa shape index (κ1) is 6.10. The topological polar surface area (TPSA) is 21.3 Å². The number of halogens is 1. The van der Waals surface area contributed by atoms with E-state index in [0.717, 1.165) is 0 Å². The molecular formula is C5H6INO. The Balaban J connectivity index is 2.55. The number of hydroxylamine groups is 1. The van der Waals surface area contributed by atoms with E-state index >= 15 is 0 Å². The Bertz CT molecular complexity index is 130. The van der Waals surface area contributed by atoms with E-state index in [-0.39, 0.29) is 0 Å². The summed E-state index contributed by atoms with van der Waals surface area (Å²) < 4.78 is 1.20. The van der Waals surface area contributed by atoms with Gasteiger partial charge in [0.1, 0.15) is 0 Å². The van der Waals surface area contributed by atoms with E-state index in [4.69, 9.17) is 4.84 Å². The first-order chi connectivity index (χ1) is 3.89. The molecule has 0 aromatic rings. The van der Waals surface area contributed by atoms with Gasteiger partial charge in [-0.15, -0.1) is 0 Å². The number of rotatable bonds is 0. The van der Waals surface area contributed by atoms with Crippen LogP contribution in [0.25, 0.3) is 0 Å². The van der Waals surface area contributed by atoms with Crippen molar-refractivity contribution in [2.24, 2.45) is 0 Å². The maximum atomic E-state index is 4.85. The third-order valence-corrected chi connectivity index (χ3v) is 1.56. The summed E-state index contributed by atoms with van der Waals surface area (Å²) in [6.07, 6.45) is 5.72. The van der Waals surface area contributed by atoms with Crippen molar-refractivity contribution in [1.82, 2.24) is 5.48 Å². The van der Waals surface area contributed by atoms with Gasteiger partial charge in [-0.25, -0.2) is 0 Å². The molecule has 2 nitrogen and oxygen atoms in total. The van der Waals surface area contributed by atoms with Crippen LogP contribution >= 0.6 is 22.6 Å². The van der Waals surface area contributed by atoms with Gasteiger partial charge in [0.05, 0.1) is 6.61 Å². The molecule has 1 aliphatic rings. The second kappa shape index (κ2) is 3.09. The highest BCUT2D eigenvalue weighted by molar-refractivity contribution is 14.1. The molecule has 1 aliphatic heterocycles. The fourth-order valence-electron chi connectivity index (χ4n) is 0.399. The van der Waals surface area contributed by atoms with Crippen molar-refractivity contribution in [3.05, 3.63) is 21.9 Å². The number of allylic oxidation sites excluding steroid dienone is 2. The highest BCUT2D eigenvalue weighted by Crippen LogP contribution is 2.07. The van der Waals surface area contributed by atoms with Gasteiger partial charge < -0.3 is 0 Å². The van der Waals surface area contributed by atoms with Crippen LogP contribution < -0.4 is 5.48 Å². The van der Waals surface area contributed by atoms with Crippen LogP contribution in [-0.4, -0.2) is 6.61 Å². The Morgan fingerprint density at radius 2 is 2.62 bits per heavy atom. The van der Waals surface area contributed by atoms with Crippen molar-refractivity contribution >= 4 is 22.6 Å². The zero-order valence-electron chi connectivity index (χ0n) is 4.23. The van der Waals surface area contributed by atoms with Gasteiger partial charge in [-0.05, 0) is 34.7 Å². The SMILES string of the molecule is IC1=CCONC=C1. The van der Waals surface area contributed by atoms with E-state index in [1.807, 2.05) is 12.2 Å². The molecule has 0 unspecified atom stereocenters. The molecule has 0 saturated heterocycles. The van der Waals surface area contributed by atoms with E-state index in [9.17, 15) is 0 Å². The third kappa shape index (κ3) is 1.83. The van der Waals surface area contributed by atoms with Crippen LogP contribution in [0.4, 0.5) is 0 Å². The second-order valence-electron chi connectivity index (χ2n) is 1.35. The molecule has 0 fully saturated rings. The molecule has 1 rings (SSSR count). The molecule has 3 heteroatoms. The highest BCUT2D eigenvalue weighted by Gasteiger charge is 1.87. The van der Waals surface area contributed by atoms with Crippen LogP contribution in [0.3, 0.4) is 0 Å².